The fraction of sp³-hybridized carbons (Fsp3) is 0.579. The number of likely N-dealkylation sites (N-methyl/N-ethyl adjacent to an activating group) is 1. The minimum Gasteiger partial charge on any atom is -0.482 e. The third-order valence-electron chi connectivity index (χ3n) is 4.97. The third-order valence-corrected chi connectivity index (χ3v) is 4.97. The summed E-state index contributed by atoms with van der Waals surface area (Å²) in [6.45, 7) is 2.79. The summed E-state index contributed by atoms with van der Waals surface area (Å²) < 4.78 is 5.37. The van der Waals surface area contributed by atoms with Crippen LogP contribution in [-0.4, -0.2) is 67.9 Å². The molecule has 1 saturated heterocycles. The Morgan fingerprint density at radius 1 is 1.26 bits per heavy atom. The van der Waals surface area contributed by atoms with Crippen LogP contribution in [0.15, 0.2) is 18.2 Å². The van der Waals surface area contributed by atoms with E-state index >= 15 is 0 Å². The zero-order chi connectivity index (χ0) is 19.2. The lowest BCUT2D eigenvalue weighted by molar-refractivity contribution is -0.120. The molecular weight excluding hydrogens is 348 g/mol. The molecule has 2 heterocycles. The van der Waals surface area contributed by atoms with E-state index in [9.17, 15) is 14.7 Å². The van der Waals surface area contributed by atoms with Crippen molar-refractivity contribution in [2.24, 2.45) is 0 Å². The standard InChI is InChI=1S/C19H28N4O4/c1-22-16-10-14(6-7-17(16)27-13-18(22)25)21-19(26)20-11-15(24)12-23-8-4-2-3-5-9-23/h6-7,10,15,24H,2-5,8-9,11-13H2,1H3,(H2,20,21,26)/t15-/m0/s1. The van der Waals surface area contributed by atoms with E-state index in [1.165, 1.54) is 30.6 Å². The van der Waals surface area contributed by atoms with Gasteiger partial charge >= 0.3 is 6.03 Å². The van der Waals surface area contributed by atoms with E-state index < -0.39 is 12.1 Å². The van der Waals surface area contributed by atoms with Crippen molar-refractivity contribution in [2.45, 2.75) is 31.8 Å². The lowest BCUT2D eigenvalue weighted by Gasteiger charge is -2.26. The number of hydrogen-bond donors (Lipinski definition) is 3. The first kappa shape index (κ1) is 19.4. The summed E-state index contributed by atoms with van der Waals surface area (Å²) in [6, 6.07) is 4.74. The van der Waals surface area contributed by atoms with Crippen LogP contribution in [0.4, 0.5) is 16.2 Å². The molecule has 0 radical (unpaired) electrons. The van der Waals surface area contributed by atoms with Gasteiger partial charge in [-0.05, 0) is 44.1 Å². The smallest absolute Gasteiger partial charge is 0.319 e. The Hall–Kier alpha value is -2.32. The molecule has 1 atom stereocenters. The van der Waals surface area contributed by atoms with Gasteiger partial charge in [0.2, 0.25) is 0 Å². The number of β-amino-alcohol motifs (C(OH)–C–C–N with tert-alkyl or cyclic N) is 1. The van der Waals surface area contributed by atoms with Gasteiger partial charge in [0.05, 0.1) is 11.8 Å². The van der Waals surface area contributed by atoms with E-state index in [1.807, 2.05) is 0 Å². The van der Waals surface area contributed by atoms with E-state index in [2.05, 4.69) is 15.5 Å². The largest absolute Gasteiger partial charge is 0.482 e. The molecule has 2 aliphatic rings. The minimum atomic E-state index is -0.602. The Morgan fingerprint density at radius 3 is 2.74 bits per heavy atom. The van der Waals surface area contributed by atoms with Crippen molar-refractivity contribution in [3.63, 3.8) is 0 Å². The summed E-state index contributed by atoms with van der Waals surface area (Å²) in [6.07, 6.45) is 4.23. The first-order valence-electron chi connectivity index (χ1n) is 9.51. The molecular formula is C19H28N4O4. The quantitative estimate of drug-likeness (QED) is 0.722. The molecule has 0 bridgehead atoms. The number of carbonyl (C=O) groups excluding carboxylic acids is 2. The van der Waals surface area contributed by atoms with Crippen LogP contribution in [0.25, 0.3) is 0 Å². The molecule has 1 aromatic rings. The van der Waals surface area contributed by atoms with Crippen molar-refractivity contribution in [1.29, 1.82) is 0 Å². The van der Waals surface area contributed by atoms with Gasteiger partial charge in [0.25, 0.3) is 5.91 Å². The number of ether oxygens (including phenoxy) is 1. The number of fused-ring (bicyclic) bond motifs is 1. The summed E-state index contributed by atoms with van der Waals surface area (Å²) in [5, 5.41) is 15.6. The van der Waals surface area contributed by atoms with Gasteiger partial charge in [-0.25, -0.2) is 4.79 Å². The van der Waals surface area contributed by atoms with Crippen molar-refractivity contribution in [1.82, 2.24) is 10.2 Å². The van der Waals surface area contributed by atoms with Crippen LogP contribution in [0.1, 0.15) is 25.7 Å². The summed E-state index contributed by atoms with van der Waals surface area (Å²) in [4.78, 5) is 27.6. The highest BCUT2D eigenvalue weighted by molar-refractivity contribution is 5.99. The number of likely N-dealkylation sites (tertiary alicyclic amines) is 1. The fourth-order valence-corrected chi connectivity index (χ4v) is 3.42. The third kappa shape index (κ3) is 5.33. The molecule has 8 nitrogen and oxygen atoms in total. The molecule has 0 spiro atoms. The predicted octanol–water partition coefficient (Wildman–Crippen LogP) is 1.40. The Morgan fingerprint density at radius 2 is 2.00 bits per heavy atom. The van der Waals surface area contributed by atoms with Crippen molar-refractivity contribution in [3.05, 3.63) is 18.2 Å². The first-order chi connectivity index (χ1) is 13.0. The van der Waals surface area contributed by atoms with E-state index in [1.54, 1.807) is 25.2 Å². The number of amides is 3. The predicted molar refractivity (Wildman–Crippen MR) is 103 cm³/mol. The number of nitrogens with one attached hydrogen (secondary N) is 2. The molecule has 0 saturated carbocycles. The lowest BCUT2D eigenvalue weighted by atomic mass is 10.2. The second-order valence-corrected chi connectivity index (χ2v) is 7.13. The van der Waals surface area contributed by atoms with Crippen LogP contribution < -0.4 is 20.3 Å². The Kier molecular flexibility index (Phi) is 6.52. The molecule has 0 unspecified atom stereocenters. The maximum absolute atomic E-state index is 12.1. The number of aliphatic hydroxyl groups is 1. The average Bonchev–Trinajstić information content (AvgIpc) is 2.92. The number of carbonyl (C=O) groups is 2. The van der Waals surface area contributed by atoms with E-state index in [4.69, 9.17) is 4.74 Å². The number of urea groups is 1. The Labute approximate surface area is 159 Å². The zero-order valence-corrected chi connectivity index (χ0v) is 15.7. The van der Waals surface area contributed by atoms with E-state index in [0.29, 0.717) is 23.7 Å². The Balaban J connectivity index is 1.47. The molecule has 8 heteroatoms. The highest BCUT2D eigenvalue weighted by Crippen LogP contribution is 2.33. The zero-order valence-electron chi connectivity index (χ0n) is 15.7. The molecule has 1 fully saturated rings. The molecule has 2 aliphatic heterocycles. The molecule has 3 N–H and O–H groups in total. The first-order valence-corrected chi connectivity index (χ1v) is 9.51. The van der Waals surface area contributed by atoms with Crippen molar-refractivity contribution < 1.29 is 19.4 Å². The van der Waals surface area contributed by atoms with Crippen LogP contribution in [0.5, 0.6) is 5.75 Å². The highest BCUT2D eigenvalue weighted by Gasteiger charge is 2.22. The van der Waals surface area contributed by atoms with Crippen molar-refractivity contribution in [2.75, 3.05) is 50.1 Å². The number of hydrogen-bond acceptors (Lipinski definition) is 5. The second kappa shape index (κ2) is 9.05. The average molecular weight is 376 g/mol. The van der Waals surface area contributed by atoms with Gasteiger partial charge in [-0.3, -0.25) is 4.79 Å². The molecule has 27 heavy (non-hydrogen) atoms. The van der Waals surface area contributed by atoms with Crippen molar-refractivity contribution in [3.8, 4) is 5.75 Å². The van der Waals surface area contributed by atoms with Crippen LogP contribution >= 0.6 is 0 Å². The molecule has 3 amide bonds. The molecule has 0 aromatic heterocycles. The summed E-state index contributed by atoms with van der Waals surface area (Å²) in [5.41, 5.74) is 1.17. The molecule has 3 rings (SSSR count). The van der Waals surface area contributed by atoms with Crippen molar-refractivity contribution >= 4 is 23.3 Å². The Bertz CT molecular complexity index is 674. The number of benzene rings is 1. The van der Waals surface area contributed by atoms with Crippen LogP contribution in [0.2, 0.25) is 0 Å². The van der Waals surface area contributed by atoms with Gasteiger partial charge in [-0.2, -0.15) is 0 Å². The van der Waals surface area contributed by atoms with E-state index in [-0.39, 0.29) is 19.1 Å². The van der Waals surface area contributed by atoms with Crippen LogP contribution in [0, 0.1) is 0 Å². The highest BCUT2D eigenvalue weighted by atomic mass is 16.5. The van der Waals surface area contributed by atoms with Gasteiger partial charge in [0.1, 0.15) is 5.75 Å². The van der Waals surface area contributed by atoms with Crippen LogP contribution in [0.3, 0.4) is 0 Å². The molecule has 0 aliphatic carbocycles. The summed E-state index contributed by atoms with van der Waals surface area (Å²) in [7, 11) is 1.67. The summed E-state index contributed by atoms with van der Waals surface area (Å²) in [5.74, 6) is 0.469. The minimum absolute atomic E-state index is 0.0195. The maximum Gasteiger partial charge on any atom is 0.319 e. The number of anilines is 2. The normalized spacial score (nSPS) is 18.9. The SMILES string of the molecule is CN1C(=O)COc2ccc(NC(=O)NC[C@H](O)CN3CCCCCC3)cc21. The molecule has 1 aromatic carbocycles. The van der Waals surface area contributed by atoms with Gasteiger partial charge in [-0.15, -0.1) is 0 Å². The lowest BCUT2D eigenvalue weighted by Crippen LogP contribution is -2.41. The van der Waals surface area contributed by atoms with Crippen LogP contribution in [-0.2, 0) is 4.79 Å². The monoisotopic (exact) mass is 376 g/mol. The van der Waals surface area contributed by atoms with E-state index in [0.717, 1.165) is 13.1 Å². The molecule has 148 valence electrons. The topological polar surface area (TPSA) is 94.1 Å². The second-order valence-electron chi connectivity index (χ2n) is 7.13. The number of nitrogens with zero attached hydrogens (tertiary/aromatic N) is 2. The van der Waals surface area contributed by atoms with Gasteiger partial charge < -0.3 is 30.3 Å². The number of aliphatic hydroxyl groups excluding tert-OH is 1. The van der Waals surface area contributed by atoms with Gasteiger partial charge in [-0.1, -0.05) is 12.8 Å². The maximum atomic E-state index is 12.1. The fourth-order valence-electron chi connectivity index (χ4n) is 3.42. The summed E-state index contributed by atoms with van der Waals surface area (Å²) >= 11 is 0. The van der Waals surface area contributed by atoms with Gasteiger partial charge in [0, 0.05) is 25.8 Å². The van der Waals surface area contributed by atoms with Gasteiger partial charge in [0.15, 0.2) is 6.61 Å². The number of rotatable bonds is 5.